The van der Waals surface area contributed by atoms with Crippen molar-refractivity contribution in [3.63, 3.8) is 0 Å². The number of rotatable bonds is 3. The molecule has 6 nitrogen and oxygen atoms in total. The second-order valence-corrected chi connectivity index (χ2v) is 8.73. The Balaban J connectivity index is 1.40. The van der Waals surface area contributed by atoms with Crippen molar-refractivity contribution in [1.82, 2.24) is 14.9 Å². The van der Waals surface area contributed by atoms with E-state index in [9.17, 15) is 4.79 Å². The molecule has 0 fully saturated rings. The molecule has 0 unspecified atom stereocenters. The van der Waals surface area contributed by atoms with Crippen molar-refractivity contribution in [3.05, 3.63) is 79.0 Å². The number of hydrogen-bond donors (Lipinski definition) is 0. The Morgan fingerprint density at radius 1 is 1.21 bits per heavy atom. The number of furan rings is 1. The third-order valence-electron chi connectivity index (χ3n) is 5.01. The minimum absolute atomic E-state index is 0.0107. The van der Waals surface area contributed by atoms with Crippen LogP contribution in [0.5, 0.6) is 0 Å². The SMILES string of the molecule is O=c1c(CN2CCc3nc(-c4ccco4)ncc3C2)coc2c(Br)cc(Br)cc12. The number of halogens is 2. The first-order valence-electron chi connectivity index (χ1n) is 9.09. The molecule has 0 saturated carbocycles. The van der Waals surface area contributed by atoms with Gasteiger partial charge in [-0.2, -0.15) is 0 Å². The van der Waals surface area contributed by atoms with Crippen LogP contribution in [0, 0.1) is 0 Å². The fraction of sp³-hybridized carbons (Fsp3) is 0.190. The van der Waals surface area contributed by atoms with Gasteiger partial charge in [0.2, 0.25) is 0 Å². The van der Waals surface area contributed by atoms with E-state index in [1.54, 1.807) is 18.6 Å². The van der Waals surface area contributed by atoms with E-state index in [0.29, 0.717) is 41.2 Å². The highest BCUT2D eigenvalue weighted by Gasteiger charge is 2.21. The summed E-state index contributed by atoms with van der Waals surface area (Å²) in [6.07, 6.45) is 5.83. The lowest BCUT2D eigenvalue weighted by Gasteiger charge is -2.27. The molecule has 3 aromatic heterocycles. The summed E-state index contributed by atoms with van der Waals surface area (Å²) in [7, 11) is 0. The zero-order valence-corrected chi connectivity index (χ0v) is 18.4. The van der Waals surface area contributed by atoms with Crippen LogP contribution in [0.4, 0.5) is 0 Å². The Hall–Kier alpha value is -2.29. The molecule has 0 N–H and O–H groups in total. The number of hydrogen-bond acceptors (Lipinski definition) is 6. The zero-order valence-electron chi connectivity index (χ0n) is 15.2. The molecule has 8 heteroatoms. The van der Waals surface area contributed by atoms with E-state index in [1.807, 2.05) is 24.4 Å². The molecule has 0 atom stereocenters. The van der Waals surface area contributed by atoms with Crippen molar-refractivity contribution in [1.29, 1.82) is 0 Å². The molecule has 1 aliphatic heterocycles. The number of fused-ring (bicyclic) bond motifs is 2. The van der Waals surface area contributed by atoms with Crippen LogP contribution in [0.2, 0.25) is 0 Å². The number of aromatic nitrogens is 2. The van der Waals surface area contributed by atoms with Gasteiger partial charge >= 0.3 is 0 Å². The first kappa shape index (κ1) is 18.7. The van der Waals surface area contributed by atoms with Crippen molar-refractivity contribution < 1.29 is 8.83 Å². The van der Waals surface area contributed by atoms with Gasteiger partial charge in [0.1, 0.15) is 0 Å². The summed E-state index contributed by atoms with van der Waals surface area (Å²) < 4.78 is 12.7. The molecule has 0 amide bonds. The van der Waals surface area contributed by atoms with E-state index in [2.05, 4.69) is 46.7 Å². The molecule has 4 aromatic rings. The van der Waals surface area contributed by atoms with Crippen LogP contribution >= 0.6 is 31.9 Å². The van der Waals surface area contributed by atoms with E-state index in [1.165, 1.54) is 0 Å². The van der Waals surface area contributed by atoms with E-state index in [-0.39, 0.29) is 5.43 Å². The maximum absolute atomic E-state index is 13.0. The van der Waals surface area contributed by atoms with Gasteiger partial charge in [0.15, 0.2) is 22.6 Å². The van der Waals surface area contributed by atoms with Gasteiger partial charge in [-0.1, -0.05) is 15.9 Å². The van der Waals surface area contributed by atoms with Gasteiger partial charge in [0, 0.05) is 47.9 Å². The standard InChI is InChI=1S/C21H15Br2N3O3/c22-14-6-15-19(27)13(11-29-20(15)16(23)7-14)10-26-4-3-17-12(9-26)8-24-21(25-17)18-2-1-5-28-18/h1-2,5-8,11H,3-4,9-10H2. The summed E-state index contributed by atoms with van der Waals surface area (Å²) in [4.78, 5) is 24.3. The minimum atomic E-state index is -0.0107. The molecule has 0 saturated heterocycles. The Morgan fingerprint density at radius 3 is 2.93 bits per heavy atom. The maximum atomic E-state index is 13.0. The lowest BCUT2D eigenvalue weighted by Crippen LogP contribution is -2.32. The summed E-state index contributed by atoms with van der Waals surface area (Å²) >= 11 is 6.89. The first-order valence-corrected chi connectivity index (χ1v) is 10.7. The van der Waals surface area contributed by atoms with Crippen LogP contribution in [0.3, 0.4) is 0 Å². The molecule has 5 rings (SSSR count). The van der Waals surface area contributed by atoms with Crippen molar-refractivity contribution >= 4 is 42.8 Å². The van der Waals surface area contributed by atoms with Crippen molar-refractivity contribution in [3.8, 4) is 11.6 Å². The molecule has 146 valence electrons. The fourth-order valence-corrected chi connectivity index (χ4v) is 4.91. The highest BCUT2D eigenvalue weighted by atomic mass is 79.9. The molecule has 0 bridgehead atoms. The van der Waals surface area contributed by atoms with Gasteiger partial charge in [-0.15, -0.1) is 0 Å². The van der Waals surface area contributed by atoms with E-state index >= 15 is 0 Å². The fourth-order valence-electron chi connectivity index (χ4n) is 3.59. The summed E-state index contributed by atoms with van der Waals surface area (Å²) in [6.45, 7) is 2.01. The monoisotopic (exact) mass is 515 g/mol. The third-order valence-corrected chi connectivity index (χ3v) is 6.06. The van der Waals surface area contributed by atoms with Crippen molar-refractivity contribution in [2.75, 3.05) is 6.54 Å². The first-order chi connectivity index (χ1) is 14.1. The number of nitrogens with zero attached hydrogens (tertiary/aromatic N) is 3. The second-order valence-electron chi connectivity index (χ2n) is 6.96. The maximum Gasteiger partial charge on any atom is 0.197 e. The second kappa shape index (κ2) is 7.51. The van der Waals surface area contributed by atoms with Gasteiger partial charge < -0.3 is 8.83 Å². The Kier molecular flexibility index (Phi) is 4.85. The summed E-state index contributed by atoms with van der Waals surface area (Å²) in [6, 6.07) is 7.34. The highest BCUT2D eigenvalue weighted by Crippen LogP contribution is 2.28. The quantitative estimate of drug-likeness (QED) is 0.384. The minimum Gasteiger partial charge on any atom is -0.463 e. The predicted molar refractivity (Wildman–Crippen MR) is 115 cm³/mol. The van der Waals surface area contributed by atoms with Gasteiger partial charge in [0.25, 0.3) is 0 Å². The third kappa shape index (κ3) is 3.56. The van der Waals surface area contributed by atoms with Crippen LogP contribution in [0.25, 0.3) is 22.6 Å². The molecule has 1 aliphatic rings. The summed E-state index contributed by atoms with van der Waals surface area (Å²) in [5.74, 6) is 1.27. The average molecular weight is 517 g/mol. The van der Waals surface area contributed by atoms with Crippen LogP contribution < -0.4 is 5.43 Å². The van der Waals surface area contributed by atoms with Crippen molar-refractivity contribution in [2.45, 2.75) is 19.5 Å². The molecule has 0 radical (unpaired) electrons. The Morgan fingerprint density at radius 2 is 2.10 bits per heavy atom. The zero-order chi connectivity index (χ0) is 20.0. The molecular formula is C21H15Br2N3O3. The van der Waals surface area contributed by atoms with Crippen LogP contribution in [-0.2, 0) is 19.5 Å². The van der Waals surface area contributed by atoms with E-state index < -0.39 is 0 Å². The highest BCUT2D eigenvalue weighted by molar-refractivity contribution is 9.11. The number of benzene rings is 1. The molecule has 0 aliphatic carbocycles. The average Bonchev–Trinajstić information content (AvgIpc) is 3.25. The Bertz CT molecular complexity index is 1270. The topological polar surface area (TPSA) is 72.4 Å². The van der Waals surface area contributed by atoms with E-state index in [4.69, 9.17) is 8.83 Å². The van der Waals surface area contributed by atoms with Crippen LogP contribution in [0.15, 0.2) is 65.6 Å². The normalized spacial score (nSPS) is 14.3. The van der Waals surface area contributed by atoms with Gasteiger partial charge in [-0.05, 0) is 40.2 Å². The lowest BCUT2D eigenvalue weighted by atomic mass is 10.1. The Labute approximate surface area is 182 Å². The van der Waals surface area contributed by atoms with Gasteiger partial charge in [0.05, 0.1) is 28.1 Å². The van der Waals surface area contributed by atoms with Gasteiger partial charge in [-0.25, -0.2) is 9.97 Å². The molecule has 1 aromatic carbocycles. The summed E-state index contributed by atoms with van der Waals surface area (Å²) in [5, 5.41) is 0.563. The summed E-state index contributed by atoms with van der Waals surface area (Å²) in [5.41, 5.74) is 3.29. The van der Waals surface area contributed by atoms with E-state index in [0.717, 1.165) is 33.2 Å². The van der Waals surface area contributed by atoms with Crippen LogP contribution in [0.1, 0.15) is 16.8 Å². The largest absolute Gasteiger partial charge is 0.463 e. The van der Waals surface area contributed by atoms with Crippen LogP contribution in [-0.4, -0.2) is 21.4 Å². The smallest absolute Gasteiger partial charge is 0.197 e. The van der Waals surface area contributed by atoms with Crippen molar-refractivity contribution in [2.24, 2.45) is 0 Å². The molecular weight excluding hydrogens is 502 g/mol. The molecule has 29 heavy (non-hydrogen) atoms. The van der Waals surface area contributed by atoms with Gasteiger partial charge in [-0.3, -0.25) is 9.69 Å². The molecule has 4 heterocycles. The predicted octanol–water partition coefficient (Wildman–Crippen LogP) is 4.93. The lowest BCUT2D eigenvalue weighted by molar-refractivity contribution is 0.240. The molecule has 0 spiro atoms.